The predicted molar refractivity (Wildman–Crippen MR) is 199 cm³/mol. The lowest BCUT2D eigenvalue weighted by Gasteiger charge is -2.24. The van der Waals surface area contributed by atoms with Gasteiger partial charge in [0.15, 0.2) is 17.5 Å². The van der Waals surface area contributed by atoms with Gasteiger partial charge in [-0.15, -0.1) is 0 Å². The van der Waals surface area contributed by atoms with Crippen LogP contribution in [0.3, 0.4) is 0 Å². The maximum absolute atomic E-state index is 6.77. The number of rotatable bonds is 3. The first-order valence-electron chi connectivity index (χ1n) is 17.0. The first-order valence-corrected chi connectivity index (χ1v) is 17.0. The Morgan fingerprint density at radius 1 is 0.449 bits per heavy atom. The average Bonchev–Trinajstić information content (AvgIpc) is 3.70. The molecule has 2 aliphatic rings. The summed E-state index contributed by atoms with van der Waals surface area (Å²) in [5.74, 6) is 1.90. The summed E-state index contributed by atoms with van der Waals surface area (Å²) in [5.41, 5.74) is 14.2. The minimum absolute atomic E-state index is 0.142. The first-order chi connectivity index (χ1) is 23.8. The molecule has 4 heteroatoms. The largest absolute Gasteiger partial charge is 0.455 e. The van der Waals surface area contributed by atoms with E-state index in [4.69, 9.17) is 19.4 Å². The Kier molecular flexibility index (Phi) is 5.65. The van der Waals surface area contributed by atoms with Gasteiger partial charge in [-0.3, -0.25) is 0 Å². The van der Waals surface area contributed by atoms with Crippen molar-refractivity contribution in [2.24, 2.45) is 0 Å². The lowest BCUT2D eigenvalue weighted by molar-refractivity contribution is 0.648. The van der Waals surface area contributed by atoms with E-state index in [0.29, 0.717) is 17.5 Å². The van der Waals surface area contributed by atoms with Crippen molar-refractivity contribution in [2.75, 3.05) is 0 Å². The van der Waals surface area contributed by atoms with E-state index in [1.807, 2.05) is 30.3 Å². The van der Waals surface area contributed by atoms with Gasteiger partial charge in [-0.25, -0.2) is 15.0 Å². The zero-order chi connectivity index (χ0) is 33.1. The van der Waals surface area contributed by atoms with E-state index in [2.05, 4.69) is 125 Å². The lowest BCUT2D eigenvalue weighted by Crippen LogP contribution is -2.17. The number of benzene rings is 6. The van der Waals surface area contributed by atoms with E-state index < -0.39 is 0 Å². The van der Waals surface area contributed by atoms with Gasteiger partial charge < -0.3 is 4.42 Å². The maximum atomic E-state index is 6.77. The molecule has 49 heavy (non-hydrogen) atoms. The summed E-state index contributed by atoms with van der Waals surface area (Å²) in [6, 6.07) is 45.0. The molecule has 0 aliphatic heterocycles. The van der Waals surface area contributed by atoms with Crippen LogP contribution in [0, 0.1) is 0 Å². The van der Waals surface area contributed by atoms with Crippen molar-refractivity contribution in [2.45, 2.75) is 38.5 Å². The fraction of sp³-hybridized carbons (Fsp3) is 0.133. The predicted octanol–water partition coefficient (Wildman–Crippen LogP) is 11.4. The SMILES string of the molecule is CC1(C)c2ccccc2-c2ccc(-c3nc(-c4ccccc4)nc(-c4c5c(cc6c4oc4ccccc46)-c4ccccc4C5(C)C)n3)cc21. The van der Waals surface area contributed by atoms with Gasteiger partial charge in [-0.1, -0.05) is 137 Å². The quantitative estimate of drug-likeness (QED) is 0.195. The van der Waals surface area contributed by atoms with Crippen molar-refractivity contribution in [1.29, 1.82) is 0 Å². The average molecular weight is 632 g/mol. The molecular weight excluding hydrogens is 599 g/mol. The maximum Gasteiger partial charge on any atom is 0.168 e. The standard InChI is InChI=1S/C45H33N3O/c1-44(2)34-19-11-8-16-28(34)30-23-22-27(24-36(30)44)42-46-41(26-14-6-5-7-15-26)47-43(48-42)38-39-32(29-17-9-12-20-35(29)45(39,3)4)25-33-31-18-10-13-21-37(31)49-40(33)38/h5-25H,1-4H3. The zero-order valence-electron chi connectivity index (χ0n) is 27.9. The minimum atomic E-state index is -0.308. The van der Waals surface area contributed by atoms with Gasteiger partial charge in [0.05, 0.1) is 5.56 Å². The van der Waals surface area contributed by atoms with Crippen molar-refractivity contribution in [3.8, 4) is 56.4 Å². The second kappa shape index (κ2) is 9.83. The third kappa shape index (κ3) is 3.89. The molecule has 2 heterocycles. The number of hydrogen-bond donors (Lipinski definition) is 0. The van der Waals surface area contributed by atoms with Crippen molar-refractivity contribution >= 4 is 21.9 Å². The van der Waals surface area contributed by atoms with Gasteiger partial charge in [0.1, 0.15) is 11.2 Å². The minimum Gasteiger partial charge on any atom is -0.455 e. The Hall–Kier alpha value is -5.87. The van der Waals surface area contributed by atoms with Crippen molar-refractivity contribution in [3.05, 3.63) is 150 Å². The Morgan fingerprint density at radius 2 is 1.04 bits per heavy atom. The van der Waals surface area contributed by atoms with Crippen LogP contribution in [0.25, 0.3) is 78.4 Å². The van der Waals surface area contributed by atoms with E-state index in [9.17, 15) is 0 Å². The van der Waals surface area contributed by atoms with Gasteiger partial charge in [0, 0.05) is 32.7 Å². The van der Waals surface area contributed by atoms with Gasteiger partial charge >= 0.3 is 0 Å². The fourth-order valence-corrected chi connectivity index (χ4v) is 8.51. The Bertz CT molecular complexity index is 2660. The summed E-state index contributed by atoms with van der Waals surface area (Å²) in [6.45, 7) is 9.22. The van der Waals surface area contributed by atoms with Crippen LogP contribution in [-0.4, -0.2) is 15.0 Å². The summed E-state index contributed by atoms with van der Waals surface area (Å²) >= 11 is 0. The van der Waals surface area contributed by atoms with Crippen molar-refractivity contribution in [1.82, 2.24) is 15.0 Å². The molecule has 4 nitrogen and oxygen atoms in total. The van der Waals surface area contributed by atoms with E-state index in [-0.39, 0.29) is 10.8 Å². The van der Waals surface area contributed by atoms with Crippen LogP contribution in [0.5, 0.6) is 0 Å². The van der Waals surface area contributed by atoms with Gasteiger partial charge in [0.2, 0.25) is 0 Å². The summed E-state index contributed by atoms with van der Waals surface area (Å²) in [7, 11) is 0. The molecule has 0 saturated heterocycles. The van der Waals surface area contributed by atoms with Crippen LogP contribution in [0.15, 0.2) is 132 Å². The number of aromatic nitrogens is 3. The lowest BCUT2D eigenvalue weighted by atomic mass is 9.79. The van der Waals surface area contributed by atoms with Crippen molar-refractivity contribution < 1.29 is 4.42 Å². The second-order valence-electron chi connectivity index (χ2n) is 14.4. The third-order valence-corrected chi connectivity index (χ3v) is 10.9. The Labute approximate surface area is 285 Å². The van der Waals surface area contributed by atoms with E-state index >= 15 is 0 Å². The molecule has 0 spiro atoms. The van der Waals surface area contributed by atoms with E-state index in [1.54, 1.807) is 0 Å². The molecular formula is C45H33N3O. The number of furan rings is 1. The monoisotopic (exact) mass is 631 g/mol. The van der Waals surface area contributed by atoms with Crippen LogP contribution in [0.2, 0.25) is 0 Å². The topological polar surface area (TPSA) is 51.8 Å². The molecule has 2 aromatic heterocycles. The van der Waals surface area contributed by atoms with Gasteiger partial charge in [-0.2, -0.15) is 0 Å². The van der Waals surface area contributed by atoms with Crippen LogP contribution in [-0.2, 0) is 10.8 Å². The first kappa shape index (κ1) is 28.2. The zero-order valence-corrected chi connectivity index (χ0v) is 27.9. The summed E-state index contributed by atoms with van der Waals surface area (Å²) in [6.07, 6.45) is 0. The van der Waals surface area contributed by atoms with Gasteiger partial charge in [-0.05, 0) is 62.7 Å². The van der Waals surface area contributed by atoms with E-state index in [1.165, 1.54) is 44.5 Å². The van der Waals surface area contributed by atoms with Crippen LogP contribution >= 0.6 is 0 Å². The summed E-state index contributed by atoms with van der Waals surface area (Å²) in [4.78, 5) is 15.8. The molecule has 0 saturated carbocycles. The molecule has 0 radical (unpaired) electrons. The number of hydrogen-bond acceptors (Lipinski definition) is 4. The number of nitrogens with zero attached hydrogens (tertiary/aromatic N) is 3. The van der Waals surface area contributed by atoms with Crippen LogP contribution in [0.4, 0.5) is 0 Å². The molecule has 0 fully saturated rings. The second-order valence-corrected chi connectivity index (χ2v) is 14.4. The summed E-state index contributed by atoms with van der Waals surface area (Å²) < 4.78 is 6.77. The van der Waals surface area contributed by atoms with Crippen molar-refractivity contribution in [3.63, 3.8) is 0 Å². The smallest absolute Gasteiger partial charge is 0.168 e. The number of fused-ring (bicyclic) bond motifs is 9. The molecule has 8 aromatic rings. The van der Waals surface area contributed by atoms with Gasteiger partial charge in [0.25, 0.3) is 0 Å². The highest BCUT2D eigenvalue weighted by atomic mass is 16.3. The molecule has 2 aliphatic carbocycles. The molecule has 0 unspecified atom stereocenters. The molecule has 0 N–H and O–H groups in total. The highest BCUT2D eigenvalue weighted by Crippen LogP contribution is 2.55. The molecule has 6 aromatic carbocycles. The molecule has 0 atom stereocenters. The van der Waals surface area contributed by atoms with Crippen LogP contribution in [0.1, 0.15) is 49.9 Å². The van der Waals surface area contributed by atoms with E-state index in [0.717, 1.165) is 38.6 Å². The highest BCUT2D eigenvalue weighted by Gasteiger charge is 2.41. The molecule has 0 amide bonds. The fourth-order valence-electron chi connectivity index (χ4n) is 8.51. The normalized spacial score (nSPS) is 14.9. The Balaban J connectivity index is 1.29. The highest BCUT2D eigenvalue weighted by molar-refractivity contribution is 6.13. The summed E-state index contributed by atoms with van der Waals surface area (Å²) in [5, 5.41) is 2.15. The molecule has 0 bridgehead atoms. The molecule has 10 rings (SSSR count). The Morgan fingerprint density at radius 3 is 1.82 bits per heavy atom. The molecule has 234 valence electrons. The van der Waals surface area contributed by atoms with Crippen LogP contribution < -0.4 is 0 Å². The number of para-hydroxylation sites is 1. The third-order valence-electron chi connectivity index (χ3n) is 10.9.